The van der Waals surface area contributed by atoms with Crippen molar-refractivity contribution in [3.63, 3.8) is 0 Å². The zero-order chi connectivity index (χ0) is 15.4. The molecule has 7 heteroatoms. The summed E-state index contributed by atoms with van der Waals surface area (Å²) in [6, 6.07) is 12.7. The largest absolute Gasteiger partial charge is 0.477 e. The number of nitro groups is 1. The van der Waals surface area contributed by atoms with Gasteiger partial charge in [0.2, 0.25) is 0 Å². The van der Waals surface area contributed by atoms with Crippen molar-refractivity contribution < 1.29 is 14.8 Å². The van der Waals surface area contributed by atoms with Gasteiger partial charge in [-0.15, -0.1) is 0 Å². The van der Waals surface area contributed by atoms with Gasteiger partial charge in [0.05, 0.1) is 16.6 Å². The van der Waals surface area contributed by atoms with Crippen LogP contribution in [-0.2, 0) is 0 Å². The Morgan fingerprint density at radius 1 is 1.19 bits per heavy atom. The monoisotopic (exact) mass is 300 g/mol. The Hall–Kier alpha value is -2.85. The molecule has 0 unspecified atom stereocenters. The fourth-order valence-electron chi connectivity index (χ4n) is 1.64. The van der Waals surface area contributed by atoms with Gasteiger partial charge in [0.15, 0.2) is 0 Å². The Labute approximate surface area is 123 Å². The lowest BCUT2D eigenvalue weighted by Gasteiger charge is -2.04. The zero-order valence-corrected chi connectivity index (χ0v) is 11.3. The van der Waals surface area contributed by atoms with Gasteiger partial charge < -0.3 is 5.11 Å². The molecule has 0 bridgehead atoms. The van der Waals surface area contributed by atoms with Crippen molar-refractivity contribution in [1.29, 1.82) is 5.26 Å². The Morgan fingerprint density at radius 2 is 1.81 bits per heavy atom. The topological polar surface area (TPSA) is 104 Å². The molecule has 0 fully saturated rings. The van der Waals surface area contributed by atoms with Gasteiger partial charge >= 0.3 is 5.97 Å². The van der Waals surface area contributed by atoms with E-state index < -0.39 is 16.6 Å². The Kier molecular flexibility index (Phi) is 4.21. The second-order valence-corrected chi connectivity index (χ2v) is 5.13. The van der Waals surface area contributed by atoms with Gasteiger partial charge in [-0.2, -0.15) is 5.26 Å². The van der Waals surface area contributed by atoms with E-state index in [4.69, 9.17) is 10.4 Å². The third-order valence-electron chi connectivity index (χ3n) is 2.61. The highest BCUT2D eigenvalue weighted by Gasteiger charge is 2.20. The highest BCUT2D eigenvalue weighted by Crippen LogP contribution is 2.31. The van der Waals surface area contributed by atoms with Crippen molar-refractivity contribution in [3.05, 3.63) is 63.7 Å². The van der Waals surface area contributed by atoms with Crippen LogP contribution in [0.3, 0.4) is 0 Å². The predicted molar refractivity (Wildman–Crippen MR) is 75.3 cm³/mol. The fraction of sp³-hybridized carbons (Fsp3) is 0. The van der Waals surface area contributed by atoms with Crippen LogP contribution in [0.2, 0.25) is 0 Å². The first kappa shape index (κ1) is 14.6. The highest BCUT2D eigenvalue weighted by molar-refractivity contribution is 7.99. The van der Waals surface area contributed by atoms with Gasteiger partial charge in [-0.3, -0.25) is 10.1 Å². The molecule has 0 spiro atoms. The van der Waals surface area contributed by atoms with Crippen molar-refractivity contribution in [2.24, 2.45) is 0 Å². The molecule has 2 aromatic carbocycles. The summed E-state index contributed by atoms with van der Waals surface area (Å²) < 4.78 is 0. The van der Waals surface area contributed by atoms with Gasteiger partial charge in [-0.25, -0.2) is 4.79 Å². The fourth-order valence-corrected chi connectivity index (χ4v) is 2.50. The summed E-state index contributed by atoms with van der Waals surface area (Å²) in [7, 11) is 0. The number of hydrogen-bond donors (Lipinski definition) is 1. The number of nitrogens with zero attached hydrogens (tertiary/aromatic N) is 2. The lowest BCUT2D eigenvalue weighted by molar-refractivity contribution is -0.385. The van der Waals surface area contributed by atoms with E-state index in [-0.39, 0.29) is 5.56 Å². The first-order valence-electron chi connectivity index (χ1n) is 5.71. The van der Waals surface area contributed by atoms with Gasteiger partial charge in [-0.1, -0.05) is 11.8 Å². The molecule has 0 atom stereocenters. The minimum Gasteiger partial charge on any atom is -0.477 e. The number of benzene rings is 2. The minimum absolute atomic E-state index is 0.348. The molecule has 0 aliphatic rings. The van der Waals surface area contributed by atoms with Gasteiger partial charge in [0.25, 0.3) is 5.69 Å². The van der Waals surface area contributed by atoms with E-state index in [0.29, 0.717) is 10.5 Å². The molecule has 0 heterocycles. The van der Waals surface area contributed by atoms with Crippen LogP contribution in [-0.4, -0.2) is 16.0 Å². The van der Waals surface area contributed by atoms with Gasteiger partial charge in [-0.05, 0) is 36.4 Å². The number of carboxylic acid groups (broad SMARTS) is 1. The molecular formula is C14H8N2O4S. The number of nitro benzene ring substituents is 1. The molecule has 21 heavy (non-hydrogen) atoms. The number of aromatic carboxylic acids is 1. The smallest absolute Gasteiger partial charge is 0.342 e. The molecular weight excluding hydrogens is 292 g/mol. The molecule has 0 amide bonds. The van der Waals surface area contributed by atoms with Crippen LogP contribution in [0.4, 0.5) is 5.69 Å². The quantitative estimate of drug-likeness (QED) is 0.686. The average molecular weight is 300 g/mol. The SMILES string of the molecule is N#Cc1ccc(Sc2ccc([N+](=O)[O-])c(C(=O)O)c2)cc1. The van der Waals surface area contributed by atoms with Crippen LogP contribution in [0.1, 0.15) is 15.9 Å². The number of carboxylic acids is 1. The number of hydrogen-bond acceptors (Lipinski definition) is 5. The van der Waals surface area contributed by atoms with E-state index in [1.807, 2.05) is 6.07 Å². The molecule has 0 aliphatic carbocycles. The summed E-state index contributed by atoms with van der Waals surface area (Å²) in [5, 5.41) is 28.5. The average Bonchev–Trinajstić information content (AvgIpc) is 2.47. The van der Waals surface area contributed by atoms with Gasteiger partial charge in [0.1, 0.15) is 5.56 Å². The number of carbonyl (C=O) groups is 1. The van der Waals surface area contributed by atoms with Crippen molar-refractivity contribution in [2.45, 2.75) is 9.79 Å². The normalized spacial score (nSPS) is 9.86. The molecule has 2 aromatic rings. The summed E-state index contributed by atoms with van der Waals surface area (Å²) in [5.74, 6) is -1.34. The molecule has 0 aliphatic heterocycles. The van der Waals surface area contributed by atoms with E-state index in [1.165, 1.54) is 30.0 Å². The van der Waals surface area contributed by atoms with E-state index in [1.54, 1.807) is 24.3 Å². The third-order valence-corrected chi connectivity index (χ3v) is 3.61. The summed E-state index contributed by atoms with van der Waals surface area (Å²) in [6.07, 6.45) is 0. The number of rotatable bonds is 4. The molecule has 6 nitrogen and oxygen atoms in total. The van der Waals surface area contributed by atoms with Crippen molar-refractivity contribution in [2.75, 3.05) is 0 Å². The maximum atomic E-state index is 11.1. The van der Waals surface area contributed by atoms with Crippen LogP contribution < -0.4 is 0 Å². The standard InChI is InChI=1S/C14H8N2O4S/c15-8-9-1-3-10(4-2-9)21-11-5-6-13(16(19)20)12(7-11)14(17)18/h1-7H,(H,17,18). The molecule has 0 radical (unpaired) electrons. The number of nitriles is 1. The summed E-state index contributed by atoms with van der Waals surface area (Å²) in [5.41, 5.74) is -0.264. The summed E-state index contributed by atoms with van der Waals surface area (Å²) >= 11 is 1.26. The lowest BCUT2D eigenvalue weighted by atomic mass is 10.2. The minimum atomic E-state index is -1.34. The molecule has 104 valence electrons. The van der Waals surface area contributed by atoms with Crippen LogP contribution in [0.5, 0.6) is 0 Å². The van der Waals surface area contributed by atoms with Crippen LogP contribution in [0, 0.1) is 21.4 Å². The van der Waals surface area contributed by atoms with Gasteiger partial charge in [0, 0.05) is 15.9 Å². The van der Waals surface area contributed by atoms with E-state index in [2.05, 4.69) is 0 Å². The molecule has 1 N–H and O–H groups in total. The Balaban J connectivity index is 2.32. The second kappa shape index (κ2) is 6.07. The first-order valence-corrected chi connectivity index (χ1v) is 6.52. The summed E-state index contributed by atoms with van der Waals surface area (Å²) in [4.78, 5) is 22.5. The molecule has 0 saturated carbocycles. The zero-order valence-electron chi connectivity index (χ0n) is 10.5. The third kappa shape index (κ3) is 3.38. The van der Waals surface area contributed by atoms with Crippen molar-refractivity contribution >= 4 is 23.4 Å². The van der Waals surface area contributed by atoms with Crippen LogP contribution >= 0.6 is 11.8 Å². The van der Waals surface area contributed by atoms with Crippen LogP contribution in [0.25, 0.3) is 0 Å². The molecule has 2 rings (SSSR count). The predicted octanol–water partition coefficient (Wildman–Crippen LogP) is 3.32. The summed E-state index contributed by atoms with van der Waals surface area (Å²) in [6.45, 7) is 0. The maximum absolute atomic E-state index is 11.1. The lowest BCUT2D eigenvalue weighted by Crippen LogP contribution is -2.02. The van der Waals surface area contributed by atoms with Crippen LogP contribution in [0.15, 0.2) is 52.3 Å². The van der Waals surface area contributed by atoms with E-state index in [0.717, 1.165) is 4.90 Å². The van der Waals surface area contributed by atoms with E-state index in [9.17, 15) is 14.9 Å². The van der Waals surface area contributed by atoms with Crippen molar-refractivity contribution in [3.8, 4) is 6.07 Å². The Bertz CT molecular complexity index is 751. The Morgan fingerprint density at radius 3 is 2.33 bits per heavy atom. The molecule has 0 aromatic heterocycles. The highest BCUT2D eigenvalue weighted by atomic mass is 32.2. The maximum Gasteiger partial charge on any atom is 0.342 e. The van der Waals surface area contributed by atoms with Crippen molar-refractivity contribution in [1.82, 2.24) is 0 Å². The van der Waals surface area contributed by atoms with E-state index >= 15 is 0 Å². The first-order chi connectivity index (χ1) is 10.0. The molecule has 0 saturated heterocycles. The second-order valence-electron chi connectivity index (χ2n) is 3.98.